The molecule has 0 fully saturated rings. The van der Waals surface area contributed by atoms with Gasteiger partial charge in [0.25, 0.3) is 0 Å². The summed E-state index contributed by atoms with van der Waals surface area (Å²) < 4.78 is 0.938. The Morgan fingerprint density at radius 3 is 2.79 bits per heavy atom. The molecule has 0 unspecified atom stereocenters. The number of carbonyl (C=O) groups excluding carboxylic acids is 1. The molecule has 0 aliphatic carbocycles. The summed E-state index contributed by atoms with van der Waals surface area (Å²) in [5.74, 6) is -1.25. The minimum atomic E-state index is -1.25. The van der Waals surface area contributed by atoms with Crippen molar-refractivity contribution in [3.8, 4) is 0 Å². The van der Waals surface area contributed by atoms with Gasteiger partial charge < -0.3 is 9.90 Å². The van der Waals surface area contributed by atoms with Gasteiger partial charge in [-0.15, -0.1) is 0 Å². The van der Waals surface area contributed by atoms with Crippen molar-refractivity contribution >= 4 is 32.8 Å². The van der Waals surface area contributed by atoms with Gasteiger partial charge in [0.2, 0.25) is 0 Å². The van der Waals surface area contributed by atoms with Crippen molar-refractivity contribution in [3.63, 3.8) is 0 Å². The summed E-state index contributed by atoms with van der Waals surface area (Å²) in [5.41, 5.74) is 0.606. The maximum Gasteiger partial charge on any atom is 0.0900 e. The molecule has 0 aliphatic rings. The Morgan fingerprint density at radius 1 is 1.29 bits per heavy atom. The first-order chi connectivity index (χ1) is 6.66. The van der Waals surface area contributed by atoms with Crippen LogP contribution in [0.3, 0.4) is 0 Å². The molecular formula is C10H5BrNO2-. The van der Waals surface area contributed by atoms with E-state index in [4.69, 9.17) is 0 Å². The summed E-state index contributed by atoms with van der Waals surface area (Å²) in [6, 6.07) is 8.59. The van der Waals surface area contributed by atoms with E-state index in [0.717, 1.165) is 9.86 Å². The zero-order chi connectivity index (χ0) is 10.1. The Kier molecular flexibility index (Phi) is 2.21. The number of carboxylic acids is 1. The highest BCUT2D eigenvalue weighted by Gasteiger charge is 1.99. The summed E-state index contributed by atoms with van der Waals surface area (Å²) in [6.07, 6.45) is 0. The Labute approximate surface area is 88.5 Å². The van der Waals surface area contributed by atoms with Crippen LogP contribution < -0.4 is 5.11 Å². The molecule has 1 aromatic carbocycles. The van der Waals surface area contributed by atoms with Crippen LogP contribution in [0.1, 0.15) is 10.5 Å². The maximum absolute atomic E-state index is 10.5. The summed E-state index contributed by atoms with van der Waals surface area (Å²) in [6.45, 7) is 0. The molecule has 0 N–H and O–H groups in total. The number of aromatic nitrogens is 1. The van der Waals surface area contributed by atoms with Gasteiger partial charge in [-0.3, -0.25) is 0 Å². The van der Waals surface area contributed by atoms with Crippen molar-refractivity contribution in [1.29, 1.82) is 0 Å². The van der Waals surface area contributed by atoms with Crippen molar-refractivity contribution in [2.24, 2.45) is 0 Å². The van der Waals surface area contributed by atoms with Gasteiger partial charge in [-0.05, 0) is 24.3 Å². The number of halogens is 1. The fourth-order valence-electron chi connectivity index (χ4n) is 1.21. The SMILES string of the molecule is O=C([O-])c1ccc2cc(Br)ccc2n1. The molecule has 0 atom stereocenters. The number of benzene rings is 1. The normalized spacial score (nSPS) is 10.4. The van der Waals surface area contributed by atoms with Crippen LogP contribution in [0.5, 0.6) is 0 Å². The third-order valence-electron chi connectivity index (χ3n) is 1.86. The van der Waals surface area contributed by atoms with Crippen molar-refractivity contribution in [1.82, 2.24) is 4.98 Å². The molecule has 4 heteroatoms. The number of fused-ring (bicyclic) bond motifs is 1. The number of hydrogen-bond acceptors (Lipinski definition) is 3. The summed E-state index contributed by atoms with van der Waals surface area (Å²) in [7, 11) is 0. The molecule has 2 aromatic rings. The number of aromatic carboxylic acids is 1. The molecule has 0 bridgehead atoms. The minimum Gasteiger partial charge on any atom is -0.543 e. The number of hydrogen-bond donors (Lipinski definition) is 0. The van der Waals surface area contributed by atoms with E-state index in [1.54, 1.807) is 12.1 Å². The number of pyridine rings is 1. The predicted molar refractivity (Wildman–Crippen MR) is 53.8 cm³/mol. The van der Waals surface area contributed by atoms with Gasteiger partial charge in [-0.25, -0.2) is 4.98 Å². The summed E-state index contributed by atoms with van der Waals surface area (Å²) >= 11 is 3.32. The van der Waals surface area contributed by atoms with Gasteiger partial charge in [0, 0.05) is 9.86 Å². The quantitative estimate of drug-likeness (QED) is 0.768. The molecule has 2 rings (SSSR count). The highest BCUT2D eigenvalue weighted by Crippen LogP contribution is 2.18. The standard InChI is InChI=1S/C10H6BrNO2/c11-7-2-4-8-6(5-7)1-3-9(12-8)10(13)14/h1-5H,(H,13,14)/p-1. The number of rotatable bonds is 1. The third kappa shape index (κ3) is 1.61. The Bertz CT molecular complexity index is 510. The molecular weight excluding hydrogens is 246 g/mol. The summed E-state index contributed by atoms with van der Waals surface area (Å²) in [4.78, 5) is 14.5. The summed E-state index contributed by atoms with van der Waals surface area (Å²) in [5, 5.41) is 11.4. The maximum atomic E-state index is 10.5. The highest BCUT2D eigenvalue weighted by molar-refractivity contribution is 9.10. The van der Waals surface area contributed by atoms with Gasteiger partial charge >= 0.3 is 0 Å². The first kappa shape index (κ1) is 9.15. The molecule has 0 saturated carbocycles. The second kappa shape index (κ2) is 3.38. The van der Waals surface area contributed by atoms with E-state index in [1.165, 1.54) is 6.07 Å². The van der Waals surface area contributed by atoms with Crippen LogP contribution >= 0.6 is 15.9 Å². The smallest absolute Gasteiger partial charge is 0.0900 e. The lowest BCUT2D eigenvalue weighted by Crippen LogP contribution is -2.23. The molecule has 1 heterocycles. The van der Waals surface area contributed by atoms with Crippen molar-refractivity contribution in [2.45, 2.75) is 0 Å². The second-order valence-corrected chi connectivity index (χ2v) is 3.74. The molecule has 70 valence electrons. The van der Waals surface area contributed by atoms with Crippen molar-refractivity contribution < 1.29 is 9.90 Å². The Morgan fingerprint density at radius 2 is 2.07 bits per heavy atom. The molecule has 0 spiro atoms. The predicted octanol–water partition coefficient (Wildman–Crippen LogP) is 1.36. The van der Waals surface area contributed by atoms with Gasteiger partial charge in [0.1, 0.15) is 0 Å². The molecule has 3 nitrogen and oxygen atoms in total. The minimum absolute atomic E-state index is 0.0418. The van der Waals surface area contributed by atoms with E-state index in [2.05, 4.69) is 20.9 Å². The zero-order valence-electron chi connectivity index (χ0n) is 7.03. The number of carbonyl (C=O) groups is 1. The van der Waals surface area contributed by atoms with Crippen LogP contribution in [0.15, 0.2) is 34.8 Å². The van der Waals surface area contributed by atoms with Gasteiger partial charge in [0.15, 0.2) is 0 Å². The molecule has 0 saturated heterocycles. The van der Waals surface area contributed by atoms with Crippen LogP contribution in [0, 0.1) is 0 Å². The lowest BCUT2D eigenvalue weighted by Gasteiger charge is -2.03. The van der Waals surface area contributed by atoms with Gasteiger partial charge in [0.05, 0.1) is 17.2 Å². The van der Waals surface area contributed by atoms with E-state index in [1.807, 2.05) is 12.1 Å². The van der Waals surface area contributed by atoms with Crippen LogP contribution in [-0.2, 0) is 0 Å². The lowest BCUT2D eigenvalue weighted by molar-refractivity contribution is -0.255. The fraction of sp³-hybridized carbons (Fsp3) is 0. The monoisotopic (exact) mass is 250 g/mol. The van der Waals surface area contributed by atoms with Crippen molar-refractivity contribution in [3.05, 3.63) is 40.5 Å². The Hall–Kier alpha value is -1.42. The van der Waals surface area contributed by atoms with Crippen LogP contribution in [0.2, 0.25) is 0 Å². The molecule has 0 radical (unpaired) electrons. The topological polar surface area (TPSA) is 53.0 Å². The average Bonchev–Trinajstić information content (AvgIpc) is 2.16. The lowest BCUT2D eigenvalue weighted by atomic mass is 10.2. The fourth-order valence-corrected chi connectivity index (χ4v) is 1.59. The van der Waals surface area contributed by atoms with Crippen LogP contribution in [0.25, 0.3) is 10.9 Å². The van der Waals surface area contributed by atoms with Crippen LogP contribution in [0.4, 0.5) is 0 Å². The van der Waals surface area contributed by atoms with Gasteiger partial charge in [-0.1, -0.05) is 22.0 Å². The molecule has 0 amide bonds. The van der Waals surface area contributed by atoms with E-state index in [9.17, 15) is 9.90 Å². The van der Waals surface area contributed by atoms with Gasteiger partial charge in [-0.2, -0.15) is 0 Å². The van der Waals surface area contributed by atoms with E-state index < -0.39 is 5.97 Å². The highest BCUT2D eigenvalue weighted by atomic mass is 79.9. The van der Waals surface area contributed by atoms with Crippen LogP contribution in [-0.4, -0.2) is 11.0 Å². The largest absolute Gasteiger partial charge is 0.543 e. The molecule has 0 aliphatic heterocycles. The molecule has 14 heavy (non-hydrogen) atoms. The number of nitrogens with zero attached hydrogens (tertiary/aromatic N) is 1. The third-order valence-corrected chi connectivity index (χ3v) is 2.35. The average molecular weight is 251 g/mol. The number of carboxylic acid groups (broad SMARTS) is 1. The second-order valence-electron chi connectivity index (χ2n) is 2.82. The van der Waals surface area contributed by atoms with Crippen molar-refractivity contribution in [2.75, 3.05) is 0 Å². The zero-order valence-corrected chi connectivity index (χ0v) is 8.61. The van der Waals surface area contributed by atoms with E-state index in [-0.39, 0.29) is 5.69 Å². The van der Waals surface area contributed by atoms with E-state index >= 15 is 0 Å². The van der Waals surface area contributed by atoms with E-state index in [0.29, 0.717) is 5.52 Å². The molecule has 1 aromatic heterocycles. The first-order valence-corrected chi connectivity index (χ1v) is 4.74. The first-order valence-electron chi connectivity index (χ1n) is 3.94. The Balaban J connectivity index is 2.67.